The van der Waals surface area contributed by atoms with Crippen LogP contribution in [-0.4, -0.2) is 43.3 Å². The van der Waals surface area contributed by atoms with E-state index < -0.39 is 18.6 Å². The highest BCUT2D eigenvalue weighted by Gasteiger charge is 2.29. The molecule has 1 aliphatic heterocycles. The fourth-order valence-electron chi connectivity index (χ4n) is 2.07. The second-order valence-electron chi connectivity index (χ2n) is 4.58. The molecular weight excluding hydrogens is 217 g/mol. The van der Waals surface area contributed by atoms with E-state index in [2.05, 4.69) is 10.2 Å². The van der Waals surface area contributed by atoms with Gasteiger partial charge in [0.1, 0.15) is 0 Å². The van der Waals surface area contributed by atoms with Crippen molar-refractivity contribution >= 4 is 0 Å². The minimum atomic E-state index is -4.06. The number of alkyl halides is 3. The van der Waals surface area contributed by atoms with Crippen molar-refractivity contribution in [2.45, 2.75) is 44.8 Å². The maximum Gasteiger partial charge on any atom is 0.390 e. The minimum absolute atomic E-state index is 0.482. The third-order valence-corrected chi connectivity index (χ3v) is 2.91. The summed E-state index contributed by atoms with van der Waals surface area (Å²) in [5.74, 6) is 0. The number of rotatable bonds is 5. The maximum absolute atomic E-state index is 12.0. The summed E-state index contributed by atoms with van der Waals surface area (Å²) in [4.78, 5) is 2.32. The van der Waals surface area contributed by atoms with Gasteiger partial charge in [-0.25, -0.2) is 0 Å². The molecule has 1 heterocycles. The van der Waals surface area contributed by atoms with Crippen LogP contribution in [0.4, 0.5) is 13.2 Å². The molecule has 1 rings (SSSR count). The molecule has 0 amide bonds. The number of likely N-dealkylation sites (tertiary alicyclic amines) is 1. The van der Waals surface area contributed by atoms with Crippen molar-refractivity contribution in [3.05, 3.63) is 0 Å². The highest BCUT2D eigenvalue weighted by atomic mass is 19.4. The average Bonchev–Trinajstić information content (AvgIpc) is 2.16. The summed E-state index contributed by atoms with van der Waals surface area (Å²) in [7, 11) is 0. The summed E-state index contributed by atoms with van der Waals surface area (Å²) in [5.41, 5.74) is 0. The van der Waals surface area contributed by atoms with Gasteiger partial charge in [0.25, 0.3) is 0 Å². The zero-order valence-electron chi connectivity index (χ0n) is 9.82. The lowest BCUT2D eigenvalue weighted by molar-refractivity contribution is -0.139. The summed E-state index contributed by atoms with van der Waals surface area (Å²) in [6.07, 6.45) is -1.07. The third-order valence-electron chi connectivity index (χ3n) is 2.91. The molecule has 1 fully saturated rings. The molecule has 0 aliphatic carbocycles. The van der Waals surface area contributed by atoms with Crippen molar-refractivity contribution < 1.29 is 13.2 Å². The van der Waals surface area contributed by atoms with Crippen LogP contribution in [0.15, 0.2) is 0 Å². The monoisotopic (exact) mass is 238 g/mol. The van der Waals surface area contributed by atoms with E-state index in [0.29, 0.717) is 6.54 Å². The first-order valence-corrected chi connectivity index (χ1v) is 6.00. The lowest BCUT2D eigenvalue weighted by atomic mass is 10.1. The van der Waals surface area contributed by atoms with E-state index in [1.54, 1.807) is 6.92 Å². The van der Waals surface area contributed by atoms with Crippen LogP contribution >= 0.6 is 0 Å². The minimum Gasteiger partial charge on any atom is -0.313 e. The molecule has 1 aliphatic rings. The van der Waals surface area contributed by atoms with Crippen LogP contribution in [0.5, 0.6) is 0 Å². The molecule has 0 saturated carbocycles. The van der Waals surface area contributed by atoms with Crippen LogP contribution in [0.25, 0.3) is 0 Å². The molecule has 0 aromatic rings. The van der Waals surface area contributed by atoms with Gasteiger partial charge in [0.15, 0.2) is 0 Å². The van der Waals surface area contributed by atoms with Crippen molar-refractivity contribution in [1.82, 2.24) is 10.2 Å². The lowest BCUT2D eigenvalue weighted by Gasteiger charge is -2.27. The molecule has 0 radical (unpaired) electrons. The molecule has 0 aromatic heterocycles. The number of hydrogen-bond acceptors (Lipinski definition) is 2. The Morgan fingerprint density at radius 2 is 1.81 bits per heavy atom. The zero-order valence-corrected chi connectivity index (χ0v) is 9.82. The van der Waals surface area contributed by atoms with Crippen LogP contribution in [0.2, 0.25) is 0 Å². The van der Waals surface area contributed by atoms with Gasteiger partial charge in [-0.1, -0.05) is 6.42 Å². The third kappa shape index (κ3) is 6.33. The Morgan fingerprint density at radius 3 is 2.38 bits per heavy atom. The second-order valence-corrected chi connectivity index (χ2v) is 4.58. The molecule has 5 heteroatoms. The van der Waals surface area contributed by atoms with E-state index in [4.69, 9.17) is 0 Å². The summed E-state index contributed by atoms with van der Waals surface area (Å²) in [6, 6.07) is -0.482. The first-order valence-electron chi connectivity index (χ1n) is 6.00. The molecular formula is C11H21F3N2. The normalized spacial score (nSPS) is 21.0. The van der Waals surface area contributed by atoms with Crippen molar-refractivity contribution in [3.8, 4) is 0 Å². The number of halogens is 3. The molecule has 1 atom stereocenters. The first-order chi connectivity index (χ1) is 7.47. The molecule has 2 nitrogen and oxygen atoms in total. The molecule has 16 heavy (non-hydrogen) atoms. The average molecular weight is 238 g/mol. The fourth-order valence-corrected chi connectivity index (χ4v) is 2.07. The Hall–Kier alpha value is -0.290. The van der Waals surface area contributed by atoms with Gasteiger partial charge in [0, 0.05) is 19.1 Å². The zero-order chi connectivity index (χ0) is 12.0. The van der Waals surface area contributed by atoms with E-state index in [9.17, 15) is 13.2 Å². The van der Waals surface area contributed by atoms with Gasteiger partial charge in [0.2, 0.25) is 0 Å². The van der Waals surface area contributed by atoms with Gasteiger partial charge >= 0.3 is 6.18 Å². The molecule has 0 spiro atoms. The SMILES string of the molecule is CC(CC(F)(F)F)NCCN1CCCCC1. The van der Waals surface area contributed by atoms with E-state index in [1.165, 1.54) is 19.3 Å². The molecule has 1 N–H and O–H groups in total. The van der Waals surface area contributed by atoms with Crippen molar-refractivity contribution in [2.24, 2.45) is 0 Å². The van der Waals surface area contributed by atoms with Crippen LogP contribution in [0, 0.1) is 0 Å². The van der Waals surface area contributed by atoms with E-state index >= 15 is 0 Å². The standard InChI is InChI=1S/C11H21F3N2/c1-10(9-11(12,13)14)15-5-8-16-6-3-2-4-7-16/h10,15H,2-9H2,1H3. The smallest absolute Gasteiger partial charge is 0.313 e. The van der Waals surface area contributed by atoms with E-state index in [1.807, 2.05) is 0 Å². The van der Waals surface area contributed by atoms with Crippen LogP contribution in [0.1, 0.15) is 32.6 Å². The van der Waals surface area contributed by atoms with Gasteiger partial charge in [-0.3, -0.25) is 0 Å². The largest absolute Gasteiger partial charge is 0.390 e. The number of piperidine rings is 1. The van der Waals surface area contributed by atoms with Gasteiger partial charge in [-0.05, 0) is 32.9 Å². The van der Waals surface area contributed by atoms with Gasteiger partial charge in [-0.15, -0.1) is 0 Å². The Bertz CT molecular complexity index is 188. The van der Waals surface area contributed by atoms with Crippen molar-refractivity contribution in [2.75, 3.05) is 26.2 Å². The number of hydrogen-bond donors (Lipinski definition) is 1. The van der Waals surface area contributed by atoms with Crippen molar-refractivity contribution in [3.63, 3.8) is 0 Å². The summed E-state index contributed by atoms with van der Waals surface area (Å²) < 4.78 is 36.1. The van der Waals surface area contributed by atoms with Gasteiger partial charge < -0.3 is 10.2 Å². The van der Waals surface area contributed by atoms with Crippen LogP contribution in [-0.2, 0) is 0 Å². The van der Waals surface area contributed by atoms with Crippen LogP contribution < -0.4 is 5.32 Å². The molecule has 1 saturated heterocycles. The first kappa shape index (κ1) is 13.8. The predicted octanol–water partition coefficient (Wildman–Crippen LogP) is 2.40. The van der Waals surface area contributed by atoms with Crippen molar-refractivity contribution in [1.29, 1.82) is 0 Å². The molecule has 96 valence electrons. The van der Waals surface area contributed by atoms with Gasteiger partial charge in [0.05, 0.1) is 6.42 Å². The quantitative estimate of drug-likeness (QED) is 0.791. The Kier molecular flexibility index (Phi) is 5.55. The highest BCUT2D eigenvalue weighted by Crippen LogP contribution is 2.21. The highest BCUT2D eigenvalue weighted by molar-refractivity contribution is 4.69. The second kappa shape index (κ2) is 6.45. The Labute approximate surface area is 95.2 Å². The summed E-state index contributed by atoms with van der Waals surface area (Å²) in [5, 5.41) is 2.92. The number of nitrogens with one attached hydrogen (secondary N) is 1. The Morgan fingerprint density at radius 1 is 1.19 bits per heavy atom. The van der Waals surface area contributed by atoms with E-state index in [-0.39, 0.29) is 0 Å². The Balaban J connectivity index is 2.05. The van der Waals surface area contributed by atoms with E-state index in [0.717, 1.165) is 19.6 Å². The van der Waals surface area contributed by atoms with Crippen LogP contribution in [0.3, 0.4) is 0 Å². The lowest BCUT2D eigenvalue weighted by Crippen LogP contribution is -2.39. The maximum atomic E-state index is 12.0. The number of nitrogens with zero attached hydrogens (tertiary/aromatic N) is 1. The molecule has 0 aromatic carbocycles. The predicted molar refractivity (Wildman–Crippen MR) is 58.4 cm³/mol. The van der Waals surface area contributed by atoms with Gasteiger partial charge in [-0.2, -0.15) is 13.2 Å². The topological polar surface area (TPSA) is 15.3 Å². The fraction of sp³-hybridized carbons (Fsp3) is 1.00. The molecule has 1 unspecified atom stereocenters. The molecule has 0 bridgehead atoms. The summed E-state index contributed by atoms with van der Waals surface area (Å²) >= 11 is 0. The summed E-state index contributed by atoms with van der Waals surface area (Å²) in [6.45, 7) is 5.29.